The lowest BCUT2D eigenvalue weighted by Crippen LogP contribution is -2.46. The van der Waals surface area contributed by atoms with Gasteiger partial charge in [0.2, 0.25) is 9.84 Å². The van der Waals surface area contributed by atoms with Crippen molar-refractivity contribution < 1.29 is 31.7 Å². The summed E-state index contributed by atoms with van der Waals surface area (Å²) in [7, 11) is -3.55. The second-order valence-electron chi connectivity index (χ2n) is 9.21. The number of ether oxygens (including phenoxy) is 3. The highest BCUT2D eigenvalue weighted by Gasteiger charge is 2.67. The Hall–Kier alpha value is -0.160. The minimum atomic E-state index is -3.80. The van der Waals surface area contributed by atoms with Crippen LogP contribution >= 0.6 is 24.5 Å². The minimum absolute atomic E-state index is 0.116. The fourth-order valence-corrected chi connectivity index (χ4v) is 9.31. The van der Waals surface area contributed by atoms with E-state index in [1.807, 2.05) is 0 Å². The number of sulfone groups is 1. The van der Waals surface area contributed by atoms with E-state index in [4.69, 9.17) is 23.3 Å². The summed E-state index contributed by atoms with van der Waals surface area (Å²) in [5.41, 5.74) is -2.14. The zero-order valence-corrected chi connectivity index (χ0v) is 21.6. The molecule has 4 aliphatic heterocycles. The Balaban J connectivity index is 1.42. The molecule has 8 nitrogen and oxygen atoms in total. The van der Waals surface area contributed by atoms with Gasteiger partial charge in [-0.3, -0.25) is 0 Å². The summed E-state index contributed by atoms with van der Waals surface area (Å²) in [6.45, 7) is 5.66. The second-order valence-corrected chi connectivity index (χ2v) is 13.6. The molecule has 0 N–H and O–H groups in total. The zero-order valence-electron chi connectivity index (χ0n) is 18.3. The monoisotopic (exact) mass is 549 g/mol. The van der Waals surface area contributed by atoms with Gasteiger partial charge in [-0.2, -0.15) is 0 Å². The lowest BCUT2D eigenvalue weighted by molar-refractivity contribution is -0.140. The molecule has 178 valence electrons. The predicted molar refractivity (Wildman–Crippen MR) is 122 cm³/mol. The summed E-state index contributed by atoms with van der Waals surface area (Å²) in [5, 5.41) is 0. The molecule has 1 aromatic carbocycles. The maximum atomic E-state index is 13.4. The molecule has 7 atom stereocenters. The Kier molecular flexibility index (Phi) is 6.49. The van der Waals surface area contributed by atoms with Gasteiger partial charge in [-0.25, -0.2) is 13.1 Å². The summed E-state index contributed by atoms with van der Waals surface area (Å²) < 4.78 is 60.6. The van der Waals surface area contributed by atoms with E-state index in [2.05, 4.69) is 34.4 Å². The Morgan fingerprint density at radius 2 is 2.06 bits per heavy atom. The Labute approximate surface area is 198 Å². The van der Waals surface area contributed by atoms with Gasteiger partial charge >= 0.3 is 0 Å². The van der Waals surface area contributed by atoms with Gasteiger partial charge in [-0.15, -0.1) is 0 Å². The number of hydrogen-bond acceptors (Lipinski definition) is 8. The van der Waals surface area contributed by atoms with Gasteiger partial charge in [0.25, 0.3) is 8.53 Å². The molecule has 0 radical (unpaired) electrons. The van der Waals surface area contributed by atoms with Crippen LogP contribution in [0.1, 0.15) is 26.7 Å². The molecule has 0 spiro atoms. The molecule has 4 aliphatic rings. The topological polar surface area (TPSA) is 83.5 Å². The van der Waals surface area contributed by atoms with Gasteiger partial charge in [0.15, 0.2) is 5.44 Å². The summed E-state index contributed by atoms with van der Waals surface area (Å²) in [6, 6.07) is 6.90. The average molecular weight is 550 g/mol. The maximum absolute atomic E-state index is 13.4. The Morgan fingerprint density at radius 3 is 2.75 bits per heavy atom. The quantitative estimate of drug-likeness (QED) is 0.478. The van der Waals surface area contributed by atoms with Crippen molar-refractivity contribution in [3.63, 3.8) is 0 Å². The van der Waals surface area contributed by atoms with Crippen LogP contribution in [-0.2, 0) is 33.1 Å². The van der Waals surface area contributed by atoms with Crippen LogP contribution in [-0.4, -0.2) is 75.3 Å². The zero-order chi connectivity index (χ0) is 22.7. The molecule has 0 saturated carbocycles. The molecule has 0 aliphatic carbocycles. The number of halogens is 1. The lowest BCUT2D eigenvalue weighted by atomic mass is 9.99. The molecular formula is C21H29BrNO7PS. The minimum Gasteiger partial charge on any atom is -0.381 e. The van der Waals surface area contributed by atoms with Crippen molar-refractivity contribution in [2.24, 2.45) is 5.92 Å². The normalized spacial score (nSPS) is 39.3. The van der Waals surface area contributed by atoms with Crippen LogP contribution < -0.4 is 0 Å². The van der Waals surface area contributed by atoms with E-state index in [0.717, 1.165) is 23.9 Å². The molecule has 4 fully saturated rings. The van der Waals surface area contributed by atoms with Crippen molar-refractivity contribution in [1.82, 2.24) is 4.67 Å². The van der Waals surface area contributed by atoms with E-state index < -0.39 is 41.6 Å². The number of hydrogen-bond donors (Lipinski definition) is 0. The molecule has 1 aromatic rings. The fourth-order valence-electron chi connectivity index (χ4n) is 5.18. The van der Waals surface area contributed by atoms with Crippen molar-refractivity contribution in [1.29, 1.82) is 0 Å². The van der Waals surface area contributed by atoms with Crippen LogP contribution in [0.3, 0.4) is 0 Å². The number of fused-ring (bicyclic) bond motifs is 3. The standard InChI is InChI=1S/C21H29BrNO7PS/c1-13(2)17-16-5-4-10-23(16)31(29-17)30-19-18-20(28-21(19,11-26-3)12-27-18)32(24,25)15-8-6-14(22)7-9-15/h6-9,13,16-20H,4-5,10-12H2,1-3H3/t16?,17?,18?,19-,20+,21+,31?/m1/s1. The molecule has 0 aromatic heterocycles. The van der Waals surface area contributed by atoms with E-state index in [0.29, 0.717) is 12.0 Å². The van der Waals surface area contributed by atoms with Crippen LogP contribution in [0.2, 0.25) is 0 Å². The van der Waals surface area contributed by atoms with Crippen LogP contribution in [0.4, 0.5) is 0 Å². The van der Waals surface area contributed by atoms with Crippen molar-refractivity contribution in [3.05, 3.63) is 28.7 Å². The number of nitrogens with zero attached hydrogens (tertiary/aromatic N) is 1. The van der Waals surface area contributed by atoms with Crippen LogP contribution in [0.15, 0.2) is 33.6 Å². The molecular weight excluding hydrogens is 521 g/mol. The van der Waals surface area contributed by atoms with Crippen molar-refractivity contribution in [2.45, 2.75) is 67.0 Å². The molecule has 32 heavy (non-hydrogen) atoms. The third-order valence-electron chi connectivity index (χ3n) is 6.72. The molecule has 11 heteroatoms. The van der Waals surface area contributed by atoms with E-state index >= 15 is 0 Å². The first-order valence-corrected chi connectivity index (χ1v) is 14.4. The second kappa shape index (κ2) is 8.81. The molecule has 4 saturated heterocycles. The maximum Gasteiger partial charge on any atom is 0.259 e. The van der Waals surface area contributed by atoms with Gasteiger partial charge < -0.3 is 23.3 Å². The molecule has 2 bridgehead atoms. The van der Waals surface area contributed by atoms with Gasteiger partial charge in [0, 0.05) is 24.2 Å². The first kappa shape index (κ1) is 23.6. The lowest BCUT2D eigenvalue weighted by Gasteiger charge is -2.31. The summed E-state index contributed by atoms with van der Waals surface area (Å²) in [6.07, 6.45) is 0.991. The van der Waals surface area contributed by atoms with E-state index in [1.54, 1.807) is 31.4 Å². The fraction of sp³-hybridized carbons (Fsp3) is 0.714. The molecule has 4 unspecified atom stereocenters. The highest BCUT2D eigenvalue weighted by atomic mass is 79.9. The van der Waals surface area contributed by atoms with Gasteiger partial charge in [0.05, 0.1) is 24.2 Å². The molecule has 0 amide bonds. The van der Waals surface area contributed by atoms with Crippen LogP contribution in [0.5, 0.6) is 0 Å². The van der Waals surface area contributed by atoms with Crippen molar-refractivity contribution in [2.75, 3.05) is 26.9 Å². The first-order valence-electron chi connectivity index (χ1n) is 10.9. The predicted octanol–water partition coefficient (Wildman–Crippen LogP) is 3.49. The van der Waals surface area contributed by atoms with Gasteiger partial charge in [-0.05, 0) is 43.0 Å². The molecule has 4 heterocycles. The average Bonchev–Trinajstić information content (AvgIpc) is 3.49. The number of rotatable bonds is 7. The summed E-state index contributed by atoms with van der Waals surface area (Å²) in [5.74, 6) is 0.378. The first-order chi connectivity index (χ1) is 15.3. The number of methoxy groups -OCH3 is 1. The van der Waals surface area contributed by atoms with Crippen LogP contribution in [0.25, 0.3) is 0 Å². The van der Waals surface area contributed by atoms with Crippen molar-refractivity contribution >= 4 is 34.3 Å². The molecule has 5 rings (SSSR count). The summed E-state index contributed by atoms with van der Waals surface area (Å²) >= 11 is 3.35. The van der Waals surface area contributed by atoms with Crippen LogP contribution in [0, 0.1) is 5.92 Å². The smallest absolute Gasteiger partial charge is 0.259 e. The van der Waals surface area contributed by atoms with Gasteiger partial charge in [0.1, 0.15) is 17.8 Å². The third kappa shape index (κ3) is 3.80. The Bertz CT molecular complexity index is 948. The van der Waals surface area contributed by atoms with E-state index in [-0.39, 0.29) is 24.2 Å². The van der Waals surface area contributed by atoms with Crippen molar-refractivity contribution in [3.8, 4) is 0 Å². The highest BCUT2D eigenvalue weighted by molar-refractivity contribution is 9.10. The number of benzene rings is 1. The third-order valence-corrected chi connectivity index (χ3v) is 10.9. The highest BCUT2D eigenvalue weighted by Crippen LogP contribution is 2.60. The Morgan fingerprint density at radius 1 is 1.31 bits per heavy atom. The van der Waals surface area contributed by atoms with Gasteiger partial charge in [-0.1, -0.05) is 29.8 Å². The largest absolute Gasteiger partial charge is 0.381 e. The van der Waals surface area contributed by atoms with E-state index in [9.17, 15) is 8.42 Å². The van der Waals surface area contributed by atoms with E-state index in [1.165, 1.54) is 0 Å². The SMILES string of the molecule is COC[C@]12COC([C@H]1OP1OC(C(C)C)C3CCCN31)[C@H](S(=O)(=O)c1ccc(Br)cc1)O2. The summed E-state index contributed by atoms with van der Waals surface area (Å²) in [4.78, 5) is 0.190.